The van der Waals surface area contributed by atoms with E-state index in [0.29, 0.717) is 17.8 Å². The summed E-state index contributed by atoms with van der Waals surface area (Å²) in [4.78, 5) is 37.0. The van der Waals surface area contributed by atoms with Crippen LogP contribution < -0.4 is 5.73 Å². The van der Waals surface area contributed by atoms with E-state index in [-0.39, 0.29) is 23.4 Å². The molecule has 3 heterocycles. The van der Waals surface area contributed by atoms with Gasteiger partial charge >= 0.3 is 18.2 Å². The number of ether oxygens (including phenoxy) is 4. The molecule has 0 radical (unpaired) electrons. The Morgan fingerprint density at radius 2 is 1.87 bits per heavy atom. The number of rotatable bonds is 6. The van der Waals surface area contributed by atoms with Gasteiger partial charge in [-0.3, -0.25) is 9.36 Å². The Morgan fingerprint density at radius 3 is 2.49 bits per heavy atom. The van der Waals surface area contributed by atoms with Crippen molar-refractivity contribution in [2.45, 2.75) is 82.3 Å². The van der Waals surface area contributed by atoms with Crippen molar-refractivity contribution < 1.29 is 32.9 Å². The Hall–Kier alpha value is -3.46. The summed E-state index contributed by atoms with van der Waals surface area (Å²) >= 11 is 0. The van der Waals surface area contributed by atoms with Crippen LogP contribution in [-0.4, -0.2) is 55.6 Å². The van der Waals surface area contributed by atoms with Crippen molar-refractivity contribution in [1.82, 2.24) is 19.5 Å². The van der Waals surface area contributed by atoms with E-state index in [9.17, 15) is 14.0 Å². The number of imidazole rings is 1. The van der Waals surface area contributed by atoms with Gasteiger partial charge in [0, 0.05) is 6.42 Å². The van der Waals surface area contributed by atoms with E-state index >= 15 is 0 Å². The number of carbonyl (C=O) groups is 2. The smallest absolute Gasteiger partial charge is 0.458 e. The van der Waals surface area contributed by atoms with E-state index < -0.39 is 54.3 Å². The van der Waals surface area contributed by atoms with E-state index in [4.69, 9.17) is 31.1 Å². The molecule has 0 amide bonds. The summed E-state index contributed by atoms with van der Waals surface area (Å²) in [6.07, 6.45) is 9.89. The predicted octanol–water partition coefficient (Wildman–Crippen LogP) is 3.53. The minimum absolute atomic E-state index is 0.0764. The van der Waals surface area contributed by atoms with Crippen LogP contribution in [0, 0.1) is 42.1 Å². The minimum Gasteiger partial charge on any atom is -0.458 e. The van der Waals surface area contributed by atoms with Gasteiger partial charge in [0.25, 0.3) is 0 Å². The molecule has 0 unspecified atom stereocenters. The van der Waals surface area contributed by atoms with Crippen LogP contribution in [0.2, 0.25) is 0 Å². The van der Waals surface area contributed by atoms with Crippen molar-refractivity contribution in [3.63, 3.8) is 0 Å². The minimum atomic E-state index is -1.62. The average molecular weight is 542 g/mol. The molecule has 0 aromatic carbocycles. The van der Waals surface area contributed by atoms with Gasteiger partial charge in [0.15, 0.2) is 17.0 Å². The monoisotopic (exact) mass is 541 g/mol. The number of hydrogen-bond donors (Lipinski definition) is 1. The van der Waals surface area contributed by atoms with Crippen molar-refractivity contribution in [1.29, 1.82) is 0 Å². The molecule has 4 aliphatic carbocycles. The number of halogens is 1. The van der Waals surface area contributed by atoms with Gasteiger partial charge in [-0.2, -0.15) is 14.4 Å². The van der Waals surface area contributed by atoms with E-state index in [1.165, 1.54) is 30.2 Å². The molecule has 3 atom stereocenters. The van der Waals surface area contributed by atoms with Crippen molar-refractivity contribution in [2.24, 2.45) is 23.7 Å². The molecule has 0 spiro atoms. The summed E-state index contributed by atoms with van der Waals surface area (Å²) in [5.74, 6) is 3.27. The lowest BCUT2D eigenvalue weighted by Crippen LogP contribution is -2.53. The van der Waals surface area contributed by atoms with Gasteiger partial charge in [-0.05, 0) is 56.3 Å². The first-order chi connectivity index (χ1) is 18.6. The molecular weight excluding hydrogens is 509 g/mol. The predicted molar refractivity (Wildman–Crippen MR) is 134 cm³/mol. The van der Waals surface area contributed by atoms with Gasteiger partial charge < -0.3 is 24.7 Å². The van der Waals surface area contributed by atoms with Crippen LogP contribution in [0.15, 0.2) is 6.33 Å². The maximum Gasteiger partial charge on any atom is 0.508 e. The highest BCUT2D eigenvalue weighted by molar-refractivity contribution is 5.81. The number of nitrogen functional groups attached to an aromatic ring is 1. The van der Waals surface area contributed by atoms with E-state index in [1.54, 1.807) is 13.8 Å². The first kappa shape index (κ1) is 25.8. The summed E-state index contributed by atoms with van der Waals surface area (Å²) in [6, 6.07) is 0. The molecule has 5 fully saturated rings. The van der Waals surface area contributed by atoms with Crippen molar-refractivity contribution in [2.75, 3.05) is 12.3 Å². The fourth-order valence-corrected chi connectivity index (χ4v) is 7.28. The number of terminal acetylenes is 1. The lowest BCUT2D eigenvalue weighted by atomic mass is 9.54. The number of hydrogen-bond acceptors (Lipinski definition) is 10. The number of aromatic nitrogens is 4. The Bertz CT molecular complexity index is 1320. The van der Waals surface area contributed by atoms with E-state index in [0.717, 1.165) is 19.3 Å². The molecule has 208 valence electrons. The molecule has 12 heteroatoms. The van der Waals surface area contributed by atoms with Gasteiger partial charge in [-0.25, -0.2) is 9.78 Å². The lowest BCUT2D eigenvalue weighted by Gasteiger charge is -2.55. The fourth-order valence-electron chi connectivity index (χ4n) is 7.28. The Balaban J connectivity index is 1.22. The summed E-state index contributed by atoms with van der Waals surface area (Å²) in [7, 11) is 0. The van der Waals surface area contributed by atoms with Crippen LogP contribution >= 0.6 is 0 Å². The van der Waals surface area contributed by atoms with Crippen LogP contribution in [0.4, 0.5) is 15.0 Å². The molecule has 5 aliphatic rings. The van der Waals surface area contributed by atoms with Gasteiger partial charge in [0.1, 0.15) is 24.5 Å². The SMILES string of the molecule is C#C[C@]1(COC(=O)OC23CC4CC(CC(C4)C2)C3)O[C@@H](n2cnc3c(N)nc(F)nc32)C[C@@H]1OC(=O)C(C)C. The van der Waals surface area contributed by atoms with Gasteiger partial charge in [0.05, 0.1) is 12.2 Å². The molecule has 1 saturated heterocycles. The molecule has 2 aromatic heterocycles. The molecule has 11 nitrogen and oxygen atoms in total. The second-order valence-electron chi connectivity index (χ2n) is 11.9. The number of carbonyl (C=O) groups excluding carboxylic acids is 2. The first-order valence-electron chi connectivity index (χ1n) is 13.5. The number of anilines is 1. The Kier molecular flexibility index (Phi) is 6.17. The van der Waals surface area contributed by atoms with Crippen LogP contribution in [0.1, 0.15) is 65.0 Å². The molecule has 7 rings (SSSR count). The Morgan fingerprint density at radius 1 is 1.21 bits per heavy atom. The molecule has 1 aliphatic heterocycles. The quantitative estimate of drug-likeness (QED) is 0.328. The number of nitrogens with zero attached hydrogens (tertiary/aromatic N) is 4. The summed E-state index contributed by atoms with van der Waals surface area (Å²) < 4.78 is 38.9. The van der Waals surface area contributed by atoms with Crippen molar-refractivity contribution >= 4 is 29.1 Å². The molecule has 2 aromatic rings. The molecule has 4 saturated carbocycles. The van der Waals surface area contributed by atoms with Crippen molar-refractivity contribution in [3.8, 4) is 12.3 Å². The fraction of sp³-hybridized carbons (Fsp3) is 0.667. The molecule has 2 N–H and O–H groups in total. The summed E-state index contributed by atoms with van der Waals surface area (Å²) in [6.45, 7) is 2.98. The van der Waals surface area contributed by atoms with Gasteiger partial charge in [-0.1, -0.05) is 19.8 Å². The first-order valence-corrected chi connectivity index (χ1v) is 13.5. The van der Waals surface area contributed by atoms with Gasteiger partial charge in [-0.15, -0.1) is 6.42 Å². The largest absolute Gasteiger partial charge is 0.508 e. The van der Waals surface area contributed by atoms with Crippen molar-refractivity contribution in [3.05, 3.63) is 12.4 Å². The average Bonchev–Trinajstić information content (AvgIpc) is 3.43. The third-order valence-corrected chi connectivity index (χ3v) is 8.67. The zero-order valence-electron chi connectivity index (χ0n) is 22.0. The second-order valence-corrected chi connectivity index (χ2v) is 11.9. The van der Waals surface area contributed by atoms with Crippen LogP contribution in [0.3, 0.4) is 0 Å². The molecular formula is C27H32FN5O6. The standard InChI is InChI=1S/C27H32FN5O6/c1-4-27(12-36-25(35)39-26-9-15-5-16(10-26)7-17(6-15)11-26)18(37-23(34)14(2)3)8-19(38-27)33-13-30-20-21(29)31-24(28)32-22(20)33/h1,13-19H,5-12H2,2-3H3,(H2,29,31,32)/t15?,16?,17?,18-,19+,26?,27+/m0/s1. The van der Waals surface area contributed by atoms with Crippen LogP contribution in [0.5, 0.6) is 0 Å². The molecule has 39 heavy (non-hydrogen) atoms. The highest BCUT2D eigenvalue weighted by Gasteiger charge is 2.55. The summed E-state index contributed by atoms with van der Waals surface area (Å²) in [5, 5.41) is 0. The third kappa shape index (κ3) is 4.56. The van der Waals surface area contributed by atoms with Gasteiger partial charge in [0.2, 0.25) is 5.60 Å². The number of nitrogens with two attached hydrogens (primary N) is 1. The highest BCUT2D eigenvalue weighted by Crippen LogP contribution is 2.57. The maximum atomic E-state index is 14.0. The van der Waals surface area contributed by atoms with Crippen LogP contribution in [0.25, 0.3) is 11.2 Å². The third-order valence-electron chi connectivity index (χ3n) is 8.67. The van der Waals surface area contributed by atoms with E-state index in [2.05, 4.69) is 20.9 Å². The van der Waals surface area contributed by atoms with Crippen LogP contribution in [-0.2, 0) is 23.7 Å². The zero-order valence-corrected chi connectivity index (χ0v) is 22.0. The lowest BCUT2D eigenvalue weighted by molar-refractivity contribution is -0.167. The number of esters is 1. The second kappa shape index (κ2) is 9.33. The maximum absolute atomic E-state index is 14.0. The topological polar surface area (TPSA) is 141 Å². The Labute approximate surface area is 224 Å². The number of fused-ring (bicyclic) bond motifs is 1. The normalized spacial score (nSPS) is 34.8. The molecule has 4 bridgehead atoms. The highest BCUT2D eigenvalue weighted by atomic mass is 19.1. The zero-order chi connectivity index (χ0) is 27.5. The summed E-state index contributed by atoms with van der Waals surface area (Å²) in [5.41, 5.74) is 3.96. The van der Waals surface area contributed by atoms with E-state index in [1.807, 2.05) is 0 Å².